The van der Waals surface area contributed by atoms with Crippen LogP contribution in [0.2, 0.25) is 0 Å². The molecule has 0 aromatic rings. The average molecular weight is 547 g/mol. The molecule has 8 nitrogen and oxygen atoms in total. The van der Waals surface area contributed by atoms with Crippen LogP contribution in [0.25, 0.3) is 0 Å². The minimum absolute atomic E-state index is 0.0353. The van der Waals surface area contributed by atoms with Crippen LogP contribution in [0, 0.1) is 39.4 Å². The normalized spacial score (nSPS) is 41.9. The topological polar surface area (TPSA) is 141 Å². The van der Waals surface area contributed by atoms with Gasteiger partial charge in [0.25, 0.3) is 0 Å². The molecular weight excluding hydrogens is 500 g/mol. The monoisotopic (exact) mass is 546 g/mol. The molecule has 39 heavy (non-hydrogen) atoms. The summed E-state index contributed by atoms with van der Waals surface area (Å²) in [5.41, 5.74) is -5.90. The van der Waals surface area contributed by atoms with E-state index in [1.54, 1.807) is 13.8 Å². The maximum atomic E-state index is 14.3. The maximum absolute atomic E-state index is 14.3. The van der Waals surface area contributed by atoms with Gasteiger partial charge in [-0.25, -0.2) is 0 Å². The van der Waals surface area contributed by atoms with E-state index in [0.717, 1.165) is 5.57 Å². The number of Topliss-reactive ketones (excluding diaryl/α,β-unsaturated/α-hetero) is 3. The molecule has 0 heterocycles. The van der Waals surface area contributed by atoms with Crippen molar-refractivity contribution in [2.75, 3.05) is 7.11 Å². The van der Waals surface area contributed by atoms with Crippen LogP contribution in [0.3, 0.4) is 0 Å². The van der Waals surface area contributed by atoms with Gasteiger partial charge in [-0.05, 0) is 70.3 Å². The van der Waals surface area contributed by atoms with Crippen LogP contribution in [0.5, 0.6) is 0 Å². The number of ether oxygens (including phenoxy) is 1. The molecule has 2 fully saturated rings. The Balaban J connectivity index is 1.78. The number of fused-ring (bicyclic) bond motifs is 5. The Morgan fingerprint density at radius 1 is 1.10 bits per heavy atom. The van der Waals surface area contributed by atoms with E-state index in [-0.39, 0.29) is 42.5 Å². The quantitative estimate of drug-likeness (QED) is 0.371. The lowest BCUT2D eigenvalue weighted by Crippen LogP contribution is -2.64. The molecule has 0 bridgehead atoms. The van der Waals surface area contributed by atoms with E-state index in [1.807, 2.05) is 26.8 Å². The Hall–Kier alpha value is -1.87. The summed E-state index contributed by atoms with van der Waals surface area (Å²) < 4.78 is 5.35. The number of hydrogen-bond donors (Lipinski definition) is 4. The highest BCUT2D eigenvalue weighted by Crippen LogP contribution is 2.73. The van der Waals surface area contributed by atoms with E-state index >= 15 is 0 Å². The molecule has 4 aliphatic carbocycles. The molecular formula is C31H46O8. The lowest BCUT2D eigenvalue weighted by atomic mass is 9.39. The fourth-order valence-electron chi connectivity index (χ4n) is 9.14. The molecule has 0 aromatic heterocycles. The molecule has 4 aliphatic rings. The summed E-state index contributed by atoms with van der Waals surface area (Å²) >= 11 is 0. The van der Waals surface area contributed by atoms with Crippen molar-refractivity contribution in [1.29, 1.82) is 0 Å². The van der Waals surface area contributed by atoms with Crippen LogP contribution < -0.4 is 0 Å². The van der Waals surface area contributed by atoms with E-state index in [2.05, 4.69) is 0 Å². The highest BCUT2D eigenvalue weighted by Gasteiger charge is 2.74. The zero-order chi connectivity index (χ0) is 29.7. The summed E-state index contributed by atoms with van der Waals surface area (Å²) in [4.78, 5) is 40.7. The molecule has 0 aliphatic heterocycles. The largest absolute Gasteiger partial charge is 0.505 e. The summed E-state index contributed by atoms with van der Waals surface area (Å²) in [6, 6.07) is 0. The van der Waals surface area contributed by atoms with Gasteiger partial charge in [-0.3, -0.25) is 14.4 Å². The number of rotatable bonds is 6. The van der Waals surface area contributed by atoms with Crippen molar-refractivity contribution in [3.05, 3.63) is 23.5 Å². The van der Waals surface area contributed by atoms with Gasteiger partial charge in [-0.2, -0.15) is 0 Å². The van der Waals surface area contributed by atoms with Gasteiger partial charge in [-0.15, -0.1) is 0 Å². The van der Waals surface area contributed by atoms with Crippen molar-refractivity contribution in [3.63, 3.8) is 0 Å². The average Bonchev–Trinajstić information content (AvgIpc) is 3.00. The lowest BCUT2D eigenvalue weighted by molar-refractivity contribution is -0.182. The first-order chi connectivity index (χ1) is 17.6. The van der Waals surface area contributed by atoms with Gasteiger partial charge in [0.15, 0.2) is 11.5 Å². The highest BCUT2D eigenvalue weighted by atomic mass is 16.5. The standard InChI is InChI=1S/C31H46O8/c1-26(2)16-10-11-20-28(5)14-19(33)24(31(8,38)21(34)13-23(39-9)27(3,4)37)29(28,6)15-22(35)30(20,7)17(16)12-18(32)25(26)36/h10,12,17,19-20,23-24,32-33,37-38H,11,13-15H2,1-9H3/t17-,19-,20+,23+,24+,28+,29-,30+,31+/m1/s1. The van der Waals surface area contributed by atoms with Gasteiger partial charge >= 0.3 is 0 Å². The van der Waals surface area contributed by atoms with Crippen LogP contribution in [0.4, 0.5) is 0 Å². The fourth-order valence-corrected chi connectivity index (χ4v) is 9.14. The number of hydrogen-bond acceptors (Lipinski definition) is 8. The third-order valence-corrected chi connectivity index (χ3v) is 11.6. The molecule has 218 valence electrons. The zero-order valence-electron chi connectivity index (χ0n) is 24.8. The molecule has 0 spiro atoms. The smallest absolute Gasteiger partial charge is 0.206 e. The number of methoxy groups -OCH3 is 1. The Bertz CT molecular complexity index is 1160. The first kappa shape index (κ1) is 30.1. The predicted octanol–water partition coefficient (Wildman–Crippen LogP) is 3.47. The second kappa shape index (κ2) is 8.81. The molecule has 0 aromatic carbocycles. The van der Waals surface area contributed by atoms with E-state index < -0.39 is 62.7 Å². The van der Waals surface area contributed by atoms with E-state index in [0.29, 0.717) is 6.42 Å². The molecule has 0 saturated heterocycles. The van der Waals surface area contributed by atoms with Gasteiger partial charge in [-0.1, -0.05) is 32.4 Å². The number of aliphatic hydroxyl groups is 4. The molecule has 0 amide bonds. The Morgan fingerprint density at radius 2 is 1.69 bits per heavy atom. The third kappa shape index (κ3) is 3.88. The Kier molecular flexibility index (Phi) is 6.80. The van der Waals surface area contributed by atoms with Gasteiger partial charge in [0, 0.05) is 37.2 Å². The number of allylic oxidation sites excluding steroid dienone is 4. The number of carbonyl (C=O) groups is 3. The van der Waals surface area contributed by atoms with E-state index in [4.69, 9.17) is 4.74 Å². The predicted molar refractivity (Wildman–Crippen MR) is 145 cm³/mol. The van der Waals surface area contributed by atoms with Crippen molar-refractivity contribution in [1.82, 2.24) is 0 Å². The number of ketones is 3. The van der Waals surface area contributed by atoms with Crippen molar-refractivity contribution >= 4 is 17.3 Å². The first-order valence-electron chi connectivity index (χ1n) is 14.0. The van der Waals surface area contributed by atoms with Crippen LogP contribution in [0.1, 0.15) is 81.1 Å². The summed E-state index contributed by atoms with van der Waals surface area (Å²) in [5, 5.41) is 44.3. The van der Waals surface area contributed by atoms with Crippen LogP contribution >= 0.6 is 0 Å². The molecule has 4 N–H and O–H groups in total. The third-order valence-electron chi connectivity index (χ3n) is 11.6. The molecule has 0 radical (unpaired) electrons. The van der Waals surface area contributed by atoms with E-state index in [9.17, 15) is 34.8 Å². The molecule has 0 unspecified atom stereocenters. The highest BCUT2D eigenvalue weighted by molar-refractivity contribution is 6.02. The minimum atomic E-state index is -1.98. The summed E-state index contributed by atoms with van der Waals surface area (Å²) in [5.74, 6) is -2.96. The lowest BCUT2D eigenvalue weighted by Gasteiger charge is -2.63. The Labute approximate surface area is 231 Å². The minimum Gasteiger partial charge on any atom is -0.505 e. The molecule has 8 heteroatoms. The second-order valence-electron chi connectivity index (χ2n) is 14.6. The molecule has 9 atom stereocenters. The number of aliphatic hydroxyl groups excluding tert-OH is 2. The van der Waals surface area contributed by atoms with Crippen LogP contribution in [-0.4, -0.2) is 68.3 Å². The van der Waals surface area contributed by atoms with Gasteiger partial charge in [0.1, 0.15) is 11.4 Å². The number of carbonyl (C=O) groups excluding carboxylic acids is 3. The summed E-state index contributed by atoms with van der Waals surface area (Å²) in [6.07, 6.45) is 2.23. The summed E-state index contributed by atoms with van der Waals surface area (Å²) in [7, 11) is 1.39. The van der Waals surface area contributed by atoms with Crippen LogP contribution in [-0.2, 0) is 19.1 Å². The molecule has 4 rings (SSSR count). The van der Waals surface area contributed by atoms with Crippen molar-refractivity contribution in [2.24, 2.45) is 39.4 Å². The van der Waals surface area contributed by atoms with Crippen molar-refractivity contribution in [2.45, 2.75) is 104 Å². The zero-order valence-corrected chi connectivity index (χ0v) is 24.8. The fraction of sp³-hybridized carbons (Fsp3) is 0.774. The molecule has 2 saturated carbocycles. The van der Waals surface area contributed by atoms with Crippen molar-refractivity contribution < 1.29 is 39.5 Å². The summed E-state index contributed by atoms with van der Waals surface area (Å²) in [6.45, 7) is 13.9. The maximum Gasteiger partial charge on any atom is 0.206 e. The SMILES string of the molecule is CO[C@@H](CC(=O)[C@](C)(O)[C@H]1[C@H](O)C[C@@]2(C)[C@@H]3CC=C4[C@@H](C=C(O)C(=O)C4(C)C)[C@]3(C)C(=O)C[C@]12C)C(C)(C)O. The van der Waals surface area contributed by atoms with Crippen LogP contribution in [0.15, 0.2) is 23.5 Å². The Morgan fingerprint density at radius 3 is 2.23 bits per heavy atom. The van der Waals surface area contributed by atoms with E-state index in [1.165, 1.54) is 34.0 Å². The van der Waals surface area contributed by atoms with Gasteiger partial charge < -0.3 is 25.2 Å². The van der Waals surface area contributed by atoms with Gasteiger partial charge in [0.2, 0.25) is 5.78 Å². The second-order valence-corrected chi connectivity index (χ2v) is 14.6. The first-order valence-corrected chi connectivity index (χ1v) is 14.0. The van der Waals surface area contributed by atoms with Gasteiger partial charge in [0.05, 0.1) is 23.2 Å². The van der Waals surface area contributed by atoms with Crippen molar-refractivity contribution in [3.8, 4) is 0 Å².